The minimum atomic E-state index is -0.659. The third-order valence-corrected chi connectivity index (χ3v) is 4.64. The number of hydrogen-bond acceptors (Lipinski definition) is 3. The number of aromatic nitrogens is 1. The van der Waals surface area contributed by atoms with E-state index >= 15 is 0 Å². The summed E-state index contributed by atoms with van der Waals surface area (Å²) < 4.78 is 13.5. The van der Waals surface area contributed by atoms with E-state index in [1.807, 2.05) is 24.3 Å². The maximum absolute atomic E-state index is 13.5. The van der Waals surface area contributed by atoms with Crippen LogP contribution in [0.2, 0.25) is 0 Å². The highest BCUT2D eigenvalue weighted by molar-refractivity contribution is 6.06. The van der Waals surface area contributed by atoms with Gasteiger partial charge in [-0.25, -0.2) is 4.39 Å². The van der Waals surface area contributed by atoms with Crippen LogP contribution in [-0.2, 0) is 6.42 Å². The molecule has 3 aromatic rings. The number of pyridine rings is 1. The van der Waals surface area contributed by atoms with Crippen molar-refractivity contribution in [3.8, 4) is 0 Å². The predicted molar refractivity (Wildman–Crippen MR) is 92.8 cm³/mol. The van der Waals surface area contributed by atoms with Crippen molar-refractivity contribution in [3.05, 3.63) is 76.7 Å². The summed E-state index contributed by atoms with van der Waals surface area (Å²) in [5, 5.41) is 13.8. The van der Waals surface area contributed by atoms with Crippen LogP contribution < -0.4 is 5.32 Å². The van der Waals surface area contributed by atoms with Gasteiger partial charge in [0.1, 0.15) is 5.82 Å². The van der Waals surface area contributed by atoms with Gasteiger partial charge in [-0.1, -0.05) is 24.3 Å². The lowest BCUT2D eigenvalue weighted by Gasteiger charge is -2.19. The number of nitrogens with zero attached hydrogens (tertiary/aromatic N) is 1. The standard InChI is InChI=1S/C20H17FN2O2/c1-11-8-16(15-7-6-13(21)10-17(15)22-11)20(25)23-19-14-5-3-2-4-12(14)9-18(19)24/h2-8,10,18-19,24H,9H2,1H3,(H,23,25)/t18-,19+/m0/s1. The molecule has 2 atom stereocenters. The van der Waals surface area contributed by atoms with Gasteiger partial charge < -0.3 is 10.4 Å². The summed E-state index contributed by atoms with van der Waals surface area (Å²) in [4.78, 5) is 17.2. The van der Waals surface area contributed by atoms with Crippen molar-refractivity contribution in [2.24, 2.45) is 0 Å². The van der Waals surface area contributed by atoms with E-state index in [-0.39, 0.29) is 5.91 Å². The van der Waals surface area contributed by atoms with Gasteiger partial charge in [0, 0.05) is 23.6 Å². The van der Waals surface area contributed by atoms with E-state index in [9.17, 15) is 14.3 Å². The summed E-state index contributed by atoms with van der Waals surface area (Å²) >= 11 is 0. The summed E-state index contributed by atoms with van der Waals surface area (Å²) in [6.45, 7) is 1.76. The van der Waals surface area contributed by atoms with E-state index in [4.69, 9.17) is 0 Å². The van der Waals surface area contributed by atoms with Crippen LogP contribution in [0.5, 0.6) is 0 Å². The van der Waals surface area contributed by atoms with Gasteiger partial charge in [0.15, 0.2) is 0 Å². The second-order valence-electron chi connectivity index (χ2n) is 6.39. The van der Waals surface area contributed by atoms with E-state index in [0.29, 0.717) is 28.6 Å². The van der Waals surface area contributed by atoms with Crippen molar-refractivity contribution < 1.29 is 14.3 Å². The highest BCUT2D eigenvalue weighted by Gasteiger charge is 2.32. The lowest BCUT2D eigenvalue weighted by molar-refractivity contribution is 0.0859. The van der Waals surface area contributed by atoms with E-state index in [2.05, 4.69) is 10.3 Å². The molecule has 4 nitrogen and oxygen atoms in total. The van der Waals surface area contributed by atoms with Crippen molar-refractivity contribution >= 4 is 16.8 Å². The highest BCUT2D eigenvalue weighted by atomic mass is 19.1. The van der Waals surface area contributed by atoms with Gasteiger partial charge in [-0.15, -0.1) is 0 Å². The Morgan fingerprint density at radius 3 is 2.88 bits per heavy atom. The quantitative estimate of drug-likeness (QED) is 0.756. The second-order valence-corrected chi connectivity index (χ2v) is 6.39. The average molecular weight is 336 g/mol. The number of carbonyl (C=O) groups excluding carboxylic acids is 1. The Bertz CT molecular complexity index is 981. The molecule has 1 amide bonds. The summed E-state index contributed by atoms with van der Waals surface area (Å²) in [5.74, 6) is -0.694. The molecule has 0 spiro atoms. The molecule has 2 aromatic carbocycles. The molecule has 1 aromatic heterocycles. The first-order valence-electron chi connectivity index (χ1n) is 8.16. The largest absolute Gasteiger partial charge is 0.390 e. The number of rotatable bonds is 2. The van der Waals surface area contributed by atoms with Crippen molar-refractivity contribution in [1.29, 1.82) is 0 Å². The molecule has 5 heteroatoms. The third kappa shape index (κ3) is 2.76. The molecule has 4 rings (SSSR count). The second kappa shape index (κ2) is 5.93. The van der Waals surface area contributed by atoms with Gasteiger partial charge in [0.25, 0.3) is 5.91 Å². The molecule has 126 valence electrons. The Morgan fingerprint density at radius 1 is 1.24 bits per heavy atom. The SMILES string of the molecule is Cc1cc(C(=O)N[C@@H]2c3ccccc3C[C@@H]2O)c2ccc(F)cc2n1. The van der Waals surface area contributed by atoms with Crippen LogP contribution in [0.4, 0.5) is 4.39 Å². The zero-order chi connectivity index (χ0) is 17.6. The molecule has 1 heterocycles. The molecule has 0 saturated carbocycles. The monoisotopic (exact) mass is 336 g/mol. The van der Waals surface area contributed by atoms with Crippen LogP contribution >= 0.6 is 0 Å². The fourth-order valence-corrected chi connectivity index (χ4v) is 3.49. The van der Waals surface area contributed by atoms with Gasteiger partial charge in [0.05, 0.1) is 23.2 Å². The summed E-state index contributed by atoms with van der Waals surface area (Å²) in [6, 6.07) is 13.1. The number of halogens is 1. The lowest BCUT2D eigenvalue weighted by atomic mass is 10.0. The van der Waals surface area contributed by atoms with Crippen LogP contribution in [0, 0.1) is 12.7 Å². The zero-order valence-electron chi connectivity index (χ0n) is 13.7. The number of fused-ring (bicyclic) bond motifs is 2. The van der Waals surface area contributed by atoms with Crippen LogP contribution in [0.3, 0.4) is 0 Å². The zero-order valence-corrected chi connectivity index (χ0v) is 13.7. The Kier molecular flexibility index (Phi) is 3.73. The summed E-state index contributed by atoms with van der Waals surface area (Å²) in [6.07, 6.45) is -0.143. The average Bonchev–Trinajstić information content (AvgIpc) is 2.89. The molecule has 0 unspecified atom stereocenters. The van der Waals surface area contributed by atoms with E-state index in [1.54, 1.807) is 19.1 Å². The van der Waals surface area contributed by atoms with E-state index < -0.39 is 18.0 Å². The molecular formula is C20H17FN2O2. The number of nitrogens with one attached hydrogen (secondary N) is 1. The molecule has 2 N–H and O–H groups in total. The molecular weight excluding hydrogens is 319 g/mol. The van der Waals surface area contributed by atoms with E-state index in [0.717, 1.165) is 11.1 Å². The van der Waals surface area contributed by atoms with Crippen molar-refractivity contribution in [3.63, 3.8) is 0 Å². The summed E-state index contributed by atoms with van der Waals surface area (Å²) in [5.41, 5.74) is 3.48. The topological polar surface area (TPSA) is 62.2 Å². The normalized spacial score (nSPS) is 19.0. The van der Waals surface area contributed by atoms with Gasteiger partial charge in [-0.2, -0.15) is 0 Å². The van der Waals surface area contributed by atoms with Crippen molar-refractivity contribution in [1.82, 2.24) is 10.3 Å². The molecule has 1 aliphatic rings. The molecule has 0 aliphatic heterocycles. The Hall–Kier alpha value is -2.79. The number of amides is 1. The molecule has 0 fully saturated rings. The minimum Gasteiger partial charge on any atom is -0.390 e. The predicted octanol–water partition coefficient (Wildman–Crippen LogP) is 3.07. The fourth-order valence-electron chi connectivity index (χ4n) is 3.49. The van der Waals surface area contributed by atoms with E-state index in [1.165, 1.54) is 12.1 Å². The van der Waals surface area contributed by atoms with Crippen molar-refractivity contribution in [2.75, 3.05) is 0 Å². The van der Waals surface area contributed by atoms with Gasteiger partial charge in [-0.05, 0) is 36.2 Å². The van der Waals surface area contributed by atoms with Crippen LogP contribution in [-0.4, -0.2) is 22.1 Å². The lowest BCUT2D eigenvalue weighted by Crippen LogP contribution is -2.34. The Morgan fingerprint density at radius 2 is 2.04 bits per heavy atom. The van der Waals surface area contributed by atoms with Crippen molar-refractivity contribution in [2.45, 2.75) is 25.5 Å². The van der Waals surface area contributed by atoms with Crippen LogP contribution in [0.15, 0.2) is 48.5 Å². The number of hydrogen-bond donors (Lipinski definition) is 2. The number of aliphatic hydroxyl groups is 1. The van der Waals surface area contributed by atoms with Crippen LogP contribution in [0.1, 0.15) is 33.2 Å². The Labute approximate surface area is 144 Å². The number of benzene rings is 2. The molecule has 0 radical (unpaired) electrons. The summed E-state index contributed by atoms with van der Waals surface area (Å²) in [7, 11) is 0. The first-order valence-corrected chi connectivity index (χ1v) is 8.16. The fraction of sp³-hybridized carbons (Fsp3) is 0.200. The molecule has 1 aliphatic carbocycles. The van der Waals surface area contributed by atoms with Crippen LogP contribution in [0.25, 0.3) is 10.9 Å². The van der Waals surface area contributed by atoms with Gasteiger partial charge >= 0.3 is 0 Å². The maximum atomic E-state index is 13.5. The number of aliphatic hydroxyl groups excluding tert-OH is 1. The van der Waals surface area contributed by atoms with Gasteiger partial charge in [0.2, 0.25) is 0 Å². The maximum Gasteiger partial charge on any atom is 0.252 e. The van der Waals surface area contributed by atoms with Gasteiger partial charge in [-0.3, -0.25) is 9.78 Å². The smallest absolute Gasteiger partial charge is 0.252 e. The molecule has 0 bridgehead atoms. The Balaban J connectivity index is 1.72. The number of aryl methyl sites for hydroxylation is 1. The molecule has 25 heavy (non-hydrogen) atoms. The third-order valence-electron chi connectivity index (χ3n) is 4.64. The minimum absolute atomic E-state index is 0.303. The highest BCUT2D eigenvalue weighted by Crippen LogP contribution is 2.32. The first-order chi connectivity index (χ1) is 12.0. The first kappa shape index (κ1) is 15.7. The number of carbonyl (C=O) groups is 1. The molecule has 0 saturated heterocycles.